The molecule has 0 bridgehead atoms. The Hall–Kier alpha value is -2.78. The summed E-state index contributed by atoms with van der Waals surface area (Å²) >= 11 is 6.12. The molecule has 0 saturated carbocycles. The fourth-order valence-corrected chi connectivity index (χ4v) is 3.12. The Balaban J connectivity index is 1.63. The molecule has 3 rings (SSSR count). The van der Waals surface area contributed by atoms with Crippen LogP contribution in [-0.2, 0) is 16.6 Å². The number of amides is 1. The van der Waals surface area contributed by atoms with Gasteiger partial charge < -0.3 is 10.1 Å². The Kier molecular flexibility index (Phi) is 6.60. The van der Waals surface area contributed by atoms with E-state index in [0.29, 0.717) is 35.1 Å². The molecule has 0 fully saturated rings. The first-order valence-electron chi connectivity index (χ1n) is 9.73. The van der Waals surface area contributed by atoms with Gasteiger partial charge in [0.05, 0.1) is 5.69 Å². The summed E-state index contributed by atoms with van der Waals surface area (Å²) < 4.78 is 5.90. The SMILES string of the molecule is CC(C)(C)c1ccc(CCC(=O)Nc2cc(Cl)ccc2Oc2ccccc2)cc1. The summed E-state index contributed by atoms with van der Waals surface area (Å²) in [6.45, 7) is 6.57. The molecule has 0 aromatic heterocycles. The predicted molar refractivity (Wildman–Crippen MR) is 120 cm³/mol. The Morgan fingerprint density at radius 3 is 2.31 bits per heavy atom. The Morgan fingerprint density at radius 1 is 0.966 bits per heavy atom. The van der Waals surface area contributed by atoms with E-state index in [1.54, 1.807) is 18.2 Å². The van der Waals surface area contributed by atoms with Crippen molar-refractivity contribution in [3.05, 3.63) is 88.9 Å². The van der Waals surface area contributed by atoms with E-state index >= 15 is 0 Å². The van der Waals surface area contributed by atoms with Crippen molar-refractivity contribution in [2.24, 2.45) is 0 Å². The number of anilines is 1. The van der Waals surface area contributed by atoms with Gasteiger partial charge >= 0.3 is 0 Å². The van der Waals surface area contributed by atoms with Gasteiger partial charge in [0.15, 0.2) is 5.75 Å². The average molecular weight is 408 g/mol. The third kappa shape index (κ3) is 6.10. The first-order chi connectivity index (χ1) is 13.8. The molecule has 150 valence electrons. The van der Waals surface area contributed by atoms with Crippen LogP contribution < -0.4 is 10.1 Å². The Bertz CT molecular complexity index is 960. The molecule has 0 aliphatic heterocycles. The van der Waals surface area contributed by atoms with E-state index in [-0.39, 0.29) is 11.3 Å². The summed E-state index contributed by atoms with van der Waals surface area (Å²) in [7, 11) is 0. The van der Waals surface area contributed by atoms with Gasteiger partial charge in [-0.25, -0.2) is 0 Å². The minimum Gasteiger partial charge on any atom is -0.455 e. The molecule has 3 aromatic carbocycles. The van der Waals surface area contributed by atoms with E-state index < -0.39 is 0 Å². The summed E-state index contributed by atoms with van der Waals surface area (Å²) in [6, 6.07) is 23.1. The molecule has 1 N–H and O–H groups in total. The van der Waals surface area contributed by atoms with Crippen LogP contribution >= 0.6 is 11.6 Å². The zero-order chi connectivity index (χ0) is 20.9. The Morgan fingerprint density at radius 2 is 1.66 bits per heavy atom. The summed E-state index contributed by atoms with van der Waals surface area (Å²) in [4.78, 5) is 12.5. The van der Waals surface area contributed by atoms with Gasteiger partial charge in [-0.15, -0.1) is 0 Å². The van der Waals surface area contributed by atoms with Gasteiger partial charge in [0.2, 0.25) is 5.91 Å². The molecule has 1 amide bonds. The number of hydrogen-bond acceptors (Lipinski definition) is 2. The van der Waals surface area contributed by atoms with Gasteiger partial charge in [-0.05, 0) is 53.3 Å². The van der Waals surface area contributed by atoms with Gasteiger partial charge in [-0.1, -0.05) is 74.8 Å². The summed E-state index contributed by atoms with van der Waals surface area (Å²) in [5.74, 6) is 1.18. The second-order valence-corrected chi connectivity index (χ2v) is 8.49. The molecular formula is C25H26ClNO2. The average Bonchev–Trinajstić information content (AvgIpc) is 2.69. The van der Waals surface area contributed by atoms with Crippen molar-refractivity contribution in [3.63, 3.8) is 0 Å². The molecule has 4 heteroatoms. The van der Waals surface area contributed by atoms with Crippen molar-refractivity contribution in [1.82, 2.24) is 0 Å². The highest BCUT2D eigenvalue weighted by atomic mass is 35.5. The maximum Gasteiger partial charge on any atom is 0.224 e. The number of ether oxygens (including phenoxy) is 1. The smallest absolute Gasteiger partial charge is 0.224 e. The molecule has 0 spiro atoms. The molecule has 3 aromatic rings. The number of nitrogens with one attached hydrogen (secondary N) is 1. The minimum atomic E-state index is -0.0786. The molecular weight excluding hydrogens is 382 g/mol. The molecule has 3 nitrogen and oxygen atoms in total. The van der Waals surface area contributed by atoms with Crippen LogP contribution in [0, 0.1) is 0 Å². The lowest BCUT2D eigenvalue weighted by Crippen LogP contribution is -2.13. The summed E-state index contributed by atoms with van der Waals surface area (Å²) in [5.41, 5.74) is 3.11. The summed E-state index contributed by atoms with van der Waals surface area (Å²) in [6.07, 6.45) is 1.05. The number of rotatable bonds is 6. The molecule has 0 heterocycles. The Labute approximate surface area is 177 Å². The van der Waals surface area contributed by atoms with Crippen LogP contribution in [0.25, 0.3) is 0 Å². The number of carbonyl (C=O) groups is 1. The molecule has 0 aliphatic carbocycles. The fraction of sp³-hybridized carbons (Fsp3) is 0.240. The van der Waals surface area contributed by atoms with Crippen molar-refractivity contribution in [1.29, 1.82) is 0 Å². The van der Waals surface area contributed by atoms with Gasteiger partial charge in [0.1, 0.15) is 5.75 Å². The van der Waals surface area contributed by atoms with Crippen molar-refractivity contribution in [3.8, 4) is 11.5 Å². The summed E-state index contributed by atoms with van der Waals surface area (Å²) in [5, 5.41) is 3.47. The van der Waals surface area contributed by atoms with Crippen LogP contribution in [-0.4, -0.2) is 5.91 Å². The number of benzene rings is 3. The van der Waals surface area contributed by atoms with Crippen molar-refractivity contribution in [2.75, 3.05) is 5.32 Å². The molecule has 0 saturated heterocycles. The van der Waals surface area contributed by atoms with Crippen LogP contribution in [0.2, 0.25) is 5.02 Å². The van der Waals surface area contributed by atoms with Crippen LogP contribution in [0.1, 0.15) is 38.3 Å². The van der Waals surface area contributed by atoms with Gasteiger partial charge in [0, 0.05) is 11.4 Å². The van der Waals surface area contributed by atoms with E-state index in [1.165, 1.54) is 5.56 Å². The van der Waals surface area contributed by atoms with Gasteiger partial charge in [0.25, 0.3) is 0 Å². The van der Waals surface area contributed by atoms with Crippen molar-refractivity contribution < 1.29 is 9.53 Å². The molecule has 0 radical (unpaired) electrons. The van der Waals surface area contributed by atoms with E-state index in [9.17, 15) is 4.79 Å². The number of aryl methyl sites for hydroxylation is 1. The van der Waals surface area contributed by atoms with Crippen LogP contribution in [0.5, 0.6) is 11.5 Å². The maximum atomic E-state index is 12.5. The normalized spacial score (nSPS) is 11.2. The van der Waals surface area contributed by atoms with E-state index in [2.05, 4.69) is 50.4 Å². The highest BCUT2D eigenvalue weighted by molar-refractivity contribution is 6.31. The second kappa shape index (κ2) is 9.15. The first-order valence-corrected chi connectivity index (χ1v) is 10.1. The zero-order valence-electron chi connectivity index (χ0n) is 17.0. The number of para-hydroxylation sites is 1. The van der Waals surface area contributed by atoms with Crippen LogP contribution in [0.4, 0.5) is 5.69 Å². The third-order valence-electron chi connectivity index (χ3n) is 4.65. The van der Waals surface area contributed by atoms with E-state index in [0.717, 1.165) is 5.56 Å². The first kappa shape index (κ1) is 20.9. The quantitative estimate of drug-likeness (QED) is 0.477. The number of hydrogen-bond donors (Lipinski definition) is 1. The lowest BCUT2D eigenvalue weighted by atomic mass is 9.86. The van der Waals surface area contributed by atoms with E-state index in [4.69, 9.17) is 16.3 Å². The largest absolute Gasteiger partial charge is 0.455 e. The van der Waals surface area contributed by atoms with Crippen LogP contribution in [0.15, 0.2) is 72.8 Å². The molecule has 0 unspecified atom stereocenters. The topological polar surface area (TPSA) is 38.3 Å². The fourth-order valence-electron chi connectivity index (χ4n) is 2.95. The van der Waals surface area contributed by atoms with Crippen molar-refractivity contribution >= 4 is 23.2 Å². The van der Waals surface area contributed by atoms with E-state index in [1.807, 2.05) is 30.3 Å². The monoisotopic (exact) mass is 407 g/mol. The van der Waals surface area contributed by atoms with Crippen LogP contribution in [0.3, 0.4) is 0 Å². The molecule has 29 heavy (non-hydrogen) atoms. The lowest BCUT2D eigenvalue weighted by molar-refractivity contribution is -0.116. The zero-order valence-corrected chi connectivity index (χ0v) is 17.8. The number of halogens is 1. The van der Waals surface area contributed by atoms with Gasteiger partial charge in [-0.3, -0.25) is 4.79 Å². The third-order valence-corrected chi connectivity index (χ3v) is 4.88. The predicted octanol–water partition coefficient (Wildman–Crippen LogP) is 7.00. The molecule has 0 atom stereocenters. The number of carbonyl (C=O) groups excluding carboxylic acids is 1. The minimum absolute atomic E-state index is 0.0786. The standard InChI is InChI=1S/C25H26ClNO2/c1-25(2,3)19-12-9-18(10-13-19)11-16-24(28)27-22-17-20(26)14-15-23(22)29-21-7-5-4-6-8-21/h4-10,12-15,17H,11,16H2,1-3H3,(H,27,28). The van der Waals surface area contributed by atoms with Gasteiger partial charge in [-0.2, -0.15) is 0 Å². The second-order valence-electron chi connectivity index (χ2n) is 8.05. The lowest BCUT2D eigenvalue weighted by Gasteiger charge is -2.19. The highest BCUT2D eigenvalue weighted by Crippen LogP contribution is 2.32. The molecule has 0 aliphatic rings. The van der Waals surface area contributed by atoms with Crippen molar-refractivity contribution in [2.45, 2.75) is 39.0 Å². The highest BCUT2D eigenvalue weighted by Gasteiger charge is 2.14. The maximum absolute atomic E-state index is 12.5.